The van der Waals surface area contributed by atoms with Gasteiger partial charge in [-0.1, -0.05) is 41.4 Å². The molecule has 0 aliphatic heterocycles. The summed E-state index contributed by atoms with van der Waals surface area (Å²) in [6, 6.07) is 12.6. The lowest BCUT2D eigenvalue weighted by Crippen LogP contribution is -2.33. The Hall–Kier alpha value is -2.50. The number of ether oxygens (including phenoxy) is 1. The molecule has 0 aliphatic carbocycles. The predicted molar refractivity (Wildman–Crippen MR) is 101 cm³/mol. The van der Waals surface area contributed by atoms with Crippen molar-refractivity contribution in [1.82, 2.24) is 10.4 Å². The number of hydrogen-bond acceptors (Lipinski definition) is 3. The van der Waals surface area contributed by atoms with E-state index in [0.29, 0.717) is 15.8 Å². The SMILES string of the molecule is CC(Oc1ccc(Cl)cc1Cl)C(=O)N/N=C/c1c[nH]c2ccccc12. The van der Waals surface area contributed by atoms with E-state index in [1.165, 1.54) is 0 Å². The highest BCUT2D eigenvalue weighted by Gasteiger charge is 2.15. The molecule has 3 aromatic rings. The maximum atomic E-state index is 12.1. The van der Waals surface area contributed by atoms with Crippen LogP contribution >= 0.6 is 23.2 Å². The number of aromatic nitrogens is 1. The molecule has 1 heterocycles. The van der Waals surface area contributed by atoms with Gasteiger partial charge in [-0.15, -0.1) is 0 Å². The minimum absolute atomic E-state index is 0.342. The standard InChI is InChI=1S/C18H15Cl2N3O2/c1-11(25-17-7-6-13(19)8-15(17)20)18(24)23-22-10-12-9-21-16-5-3-2-4-14(12)16/h2-11,21H,1H3,(H,23,24)/b22-10+. The Balaban J connectivity index is 1.61. The third-order valence-corrected chi connectivity index (χ3v) is 4.10. The van der Waals surface area contributed by atoms with Crippen LogP contribution in [0.2, 0.25) is 10.0 Å². The molecule has 1 unspecified atom stereocenters. The zero-order chi connectivity index (χ0) is 17.8. The monoisotopic (exact) mass is 375 g/mol. The smallest absolute Gasteiger partial charge is 0.280 e. The fourth-order valence-corrected chi connectivity index (χ4v) is 2.72. The van der Waals surface area contributed by atoms with Crippen LogP contribution in [0.1, 0.15) is 12.5 Å². The number of benzene rings is 2. The maximum absolute atomic E-state index is 12.1. The summed E-state index contributed by atoms with van der Waals surface area (Å²) < 4.78 is 5.54. The van der Waals surface area contributed by atoms with E-state index in [1.54, 1.807) is 31.3 Å². The Morgan fingerprint density at radius 2 is 2.08 bits per heavy atom. The van der Waals surface area contributed by atoms with Crippen molar-refractivity contribution in [2.24, 2.45) is 5.10 Å². The lowest BCUT2D eigenvalue weighted by molar-refractivity contribution is -0.127. The molecule has 0 saturated heterocycles. The van der Waals surface area contributed by atoms with Crippen LogP contribution in [0.3, 0.4) is 0 Å². The third-order valence-electron chi connectivity index (χ3n) is 3.57. The van der Waals surface area contributed by atoms with E-state index in [0.717, 1.165) is 16.5 Å². The van der Waals surface area contributed by atoms with Gasteiger partial charge in [-0.3, -0.25) is 4.79 Å². The predicted octanol–water partition coefficient (Wildman–Crippen LogP) is 4.39. The third kappa shape index (κ3) is 4.13. The second kappa shape index (κ2) is 7.59. The summed E-state index contributed by atoms with van der Waals surface area (Å²) in [7, 11) is 0. The molecule has 25 heavy (non-hydrogen) atoms. The molecule has 2 N–H and O–H groups in total. The average Bonchev–Trinajstić information content (AvgIpc) is 3.00. The lowest BCUT2D eigenvalue weighted by Gasteiger charge is -2.14. The zero-order valence-corrected chi connectivity index (χ0v) is 14.8. The highest BCUT2D eigenvalue weighted by molar-refractivity contribution is 6.35. The molecule has 0 radical (unpaired) electrons. The zero-order valence-electron chi connectivity index (χ0n) is 13.3. The van der Waals surface area contributed by atoms with Gasteiger partial charge in [-0.05, 0) is 31.2 Å². The van der Waals surface area contributed by atoms with Crippen LogP contribution in [-0.4, -0.2) is 23.2 Å². The molecule has 2 aromatic carbocycles. The second-order valence-corrected chi connectivity index (χ2v) is 6.20. The van der Waals surface area contributed by atoms with E-state index in [4.69, 9.17) is 27.9 Å². The van der Waals surface area contributed by atoms with Gasteiger partial charge in [-0.25, -0.2) is 5.43 Å². The first-order valence-corrected chi connectivity index (χ1v) is 8.31. The normalized spacial score (nSPS) is 12.4. The van der Waals surface area contributed by atoms with Crippen molar-refractivity contribution in [2.45, 2.75) is 13.0 Å². The van der Waals surface area contributed by atoms with Gasteiger partial charge in [0.25, 0.3) is 5.91 Å². The van der Waals surface area contributed by atoms with Gasteiger partial charge in [0.05, 0.1) is 11.2 Å². The Kier molecular flexibility index (Phi) is 5.26. The quantitative estimate of drug-likeness (QED) is 0.512. The number of nitrogens with zero attached hydrogens (tertiary/aromatic N) is 1. The topological polar surface area (TPSA) is 66.5 Å². The Morgan fingerprint density at radius 1 is 1.28 bits per heavy atom. The number of carbonyl (C=O) groups excluding carboxylic acids is 1. The van der Waals surface area contributed by atoms with Gasteiger partial charge < -0.3 is 9.72 Å². The number of nitrogens with one attached hydrogen (secondary N) is 2. The van der Waals surface area contributed by atoms with E-state index in [-0.39, 0.29) is 5.91 Å². The fourth-order valence-electron chi connectivity index (χ4n) is 2.27. The van der Waals surface area contributed by atoms with Gasteiger partial charge in [0.2, 0.25) is 0 Å². The van der Waals surface area contributed by atoms with Crippen molar-refractivity contribution in [3.8, 4) is 5.75 Å². The minimum atomic E-state index is -0.765. The van der Waals surface area contributed by atoms with Gasteiger partial charge >= 0.3 is 0 Å². The van der Waals surface area contributed by atoms with Gasteiger partial charge in [0.1, 0.15) is 5.75 Å². The fraction of sp³-hybridized carbons (Fsp3) is 0.111. The summed E-state index contributed by atoms with van der Waals surface area (Å²) in [5.41, 5.74) is 4.34. The number of fused-ring (bicyclic) bond motifs is 1. The molecule has 1 aromatic heterocycles. The van der Waals surface area contributed by atoms with Crippen LogP contribution < -0.4 is 10.2 Å². The Labute approximate surface area is 154 Å². The molecule has 1 amide bonds. The molecule has 0 fully saturated rings. The van der Waals surface area contributed by atoms with E-state index < -0.39 is 6.10 Å². The summed E-state index contributed by atoms with van der Waals surface area (Å²) in [4.78, 5) is 15.2. The number of hydrogen-bond donors (Lipinski definition) is 2. The van der Waals surface area contributed by atoms with Crippen molar-refractivity contribution in [1.29, 1.82) is 0 Å². The molecule has 5 nitrogen and oxygen atoms in total. The van der Waals surface area contributed by atoms with Crippen LogP contribution in [0.15, 0.2) is 53.8 Å². The van der Waals surface area contributed by atoms with Crippen LogP contribution in [0.25, 0.3) is 10.9 Å². The highest BCUT2D eigenvalue weighted by atomic mass is 35.5. The molecule has 1 atom stereocenters. The van der Waals surface area contributed by atoms with Gasteiger partial charge in [0, 0.05) is 27.7 Å². The highest BCUT2D eigenvalue weighted by Crippen LogP contribution is 2.28. The van der Waals surface area contributed by atoms with E-state index in [2.05, 4.69) is 15.5 Å². The molecule has 0 aliphatic rings. The van der Waals surface area contributed by atoms with Gasteiger partial charge in [-0.2, -0.15) is 5.10 Å². The van der Waals surface area contributed by atoms with Crippen LogP contribution in [0.5, 0.6) is 5.75 Å². The summed E-state index contributed by atoms with van der Waals surface area (Å²) in [6.07, 6.45) is 2.64. The number of rotatable bonds is 5. The number of H-pyrrole nitrogens is 1. The first kappa shape index (κ1) is 17.3. The summed E-state index contributed by atoms with van der Waals surface area (Å²) in [5, 5.41) is 5.85. The van der Waals surface area contributed by atoms with Crippen LogP contribution in [0.4, 0.5) is 0 Å². The maximum Gasteiger partial charge on any atom is 0.280 e. The first-order chi connectivity index (χ1) is 12.0. The van der Waals surface area contributed by atoms with E-state index in [1.807, 2.05) is 30.5 Å². The van der Waals surface area contributed by atoms with Crippen LogP contribution in [-0.2, 0) is 4.79 Å². The Morgan fingerprint density at radius 3 is 2.88 bits per heavy atom. The summed E-state index contributed by atoms with van der Waals surface area (Å²) in [6.45, 7) is 1.61. The summed E-state index contributed by atoms with van der Waals surface area (Å²) in [5.74, 6) is -0.00330. The second-order valence-electron chi connectivity index (χ2n) is 5.36. The number of para-hydroxylation sites is 1. The summed E-state index contributed by atoms with van der Waals surface area (Å²) >= 11 is 11.9. The number of carbonyl (C=O) groups is 1. The van der Waals surface area contributed by atoms with Crippen molar-refractivity contribution >= 4 is 46.2 Å². The molecular formula is C18H15Cl2N3O2. The first-order valence-electron chi connectivity index (χ1n) is 7.55. The number of hydrazone groups is 1. The molecular weight excluding hydrogens is 361 g/mol. The number of aromatic amines is 1. The molecule has 0 saturated carbocycles. The van der Waals surface area contributed by atoms with Crippen LogP contribution in [0, 0.1) is 0 Å². The van der Waals surface area contributed by atoms with Crippen molar-refractivity contribution in [3.63, 3.8) is 0 Å². The average molecular weight is 376 g/mol. The lowest BCUT2D eigenvalue weighted by atomic mass is 10.2. The molecule has 0 spiro atoms. The number of amides is 1. The molecule has 3 rings (SSSR count). The van der Waals surface area contributed by atoms with Crippen molar-refractivity contribution < 1.29 is 9.53 Å². The number of halogens is 2. The van der Waals surface area contributed by atoms with Crippen molar-refractivity contribution in [3.05, 3.63) is 64.3 Å². The Bertz CT molecular complexity index is 937. The molecule has 128 valence electrons. The molecule has 7 heteroatoms. The minimum Gasteiger partial charge on any atom is -0.479 e. The van der Waals surface area contributed by atoms with Gasteiger partial charge in [0.15, 0.2) is 6.10 Å². The van der Waals surface area contributed by atoms with Crippen molar-refractivity contribution in [2.75, 3.05) is 0 Å². The molecule has 0 bridgehead atoms. The van der Waals surface area contributed by atoms with E-state index >= 15 is 0 Å². The van der Waals surface area contributed by atoms with E-state index in [9.17, 15) is 4.79 Å². The largest absolute Gasteiger partial charge is 0.479 e.